The van der Waals surface area contributed by atoms with Crippen molar-refractivity contribution in [3.63, 3.8) is 0 Å². The number of non-ortho nitro benzene ring substituents is 1. The third-order valence-corrected chi connectivity index (χ3v) is 6.54. The van der Waals surface area contributed by atoms with Crippen LogP contribution in [0, 0.1) is 30.3 Å². The maximum Gasteiger partial charge on any atom is 0.324 e. The number of rotatable bonds is 6. The van der Waals surface area contributed by atoms with Crippen LogP contribution in [0.15, 0.2) is 12.1 Å². The fourth-order valence-electron chi connectivity index (χ4n) is 4.14. The Hall–Kier alpha value is -2.90. The molecule has 13 nitrogen and oxygen atoms in total. The van der Waals surface area contributed by atoms with E-state index in [1.807, 2.05) is 0 Å². The lowest BCUT2D eigenvalue weighted by Crippen LogP contribution is -2.58. The van der Waals surface area contributed by atoms with Gasteiger partial charge >= 0.3 is 11.4 Å². The van der Waals surface area contributed by atoms with Crippen molar-refractivity contribution in [2.24, 2.45) is 0 Å². The first-order chi connectivity index (χ1) is 15.5. The van der Waals surface area contributed by atoms with Crippen LogP contribution in [0.1, 0.15) is 25.7 Å². The van der Waals surface area contributed by atoms with E-state index >= 15 is 0 Å². The highest BCUT2D eigenvalue weighted by atomic mass is 16.6. The molecule has 2 heterocycles. The van der Waals surface area contributed by atoms with Gasteiger partial charge in [0.05, 0.1) is 67.3 Å². The molecule has 0 bridgehead atoms. The van der Waals surface area contributed by atoms with Gasteiger partial charge in [-0.3, -0.25) is 30.3 Å². The van der Waals surface area contributed by atoms with Gasteiger partial charge in [0.15, 0.2) is 0 Å². The molecule has 2 saturated heterocycles. The van der Waals surface area contributed by atoms with E-state index in [1.165, 1.54) is 73.9 Å². The van der Waals surface area contributed by atoms with Crippen LogP contribution in [0.3, 0.4) is 0 Å². The van der Waals surface area contributed by atoms with Crippen LogP contribution in [-0.2, 0) is 4.74 Å². The summed E-state index contributed by atoms with van der Waals surface area (Å²) in [6, 6.07) is 0.894. The van der Waals surface area contributed by atoms with Gasteiger partial charge in [-0.25, -0.2) is 0 Å². The molecule has 1 aromatic rings. The summed E-state index contributed by atoms with van der Waals surface area (Å²) >= 11 is 0. The number of likely N-dealkylation sites (tertiary alicyclic amines) is 1. The van der Waals surface area contributed by atoms with Crippen LogP contribution >= 0.6 is 0 Å². The fourth-order valence-corrected chi connectivity index (χ4v) is 4.14. The van der Waals surface area contributed by atoms with Crippen LogP contribution in [0.2, 0.25) is 0 Å². The lowest BCUT2D eigenvalue weighted by molar-refractivity contribution is -0.966. The fraction of sp³-hybridized carbons (Fsp3) is 0.700. The van der Waals surface area contributed by atoms with E-state index in [4.69, 9.17) is 9.84 Å². The summed E-state index contributed by atoms with van der Waals surface area (Å²) in [6.07, 6.45) is 5.77. The number of ether oxygens (including phenoxy) is 1. The summed E-state index contributed by atoms with van der Waals surface area (Å²) in [5.41, 5.74) is -3.00. The highest BCUT2D eigenvalue weighted by molar-refractivity contribution is 5.64. The predicted molar refractivity (Wildman–Crippen MR) is 119 cm³/mol. The van der Waals surface area contributed by atoms with Gasteiger partial charge in [-0.1, -0.05) is 0 Å². The van der Waals surface area contributed by atoms with Crippen molar-refractivity contribution in [2.75, 3.05) is 66.6 Å². The van der Waals surface area contributed by atoms with Crippen molar-refractivity contribution in [2.45, 2.75) is 25.7 Å². The van der Waals surface area contributed by atoms with E-state index in [-0.39, 0.29) is 0 Å². The first-order valence-electron chi connectivity index (χ1n) is 11.0. The molecule has 1 N–H and O–H groups in total. The summed E-state index contributed by atoms with van der Waals surface area (Å²) in [4.78, 5) is 27.8. The van der Waals surface area contributed by atoms with Crippen molar-refractivity contribution in [3.8, 4) is 5.75 Å². The molecule has 2 aliphatic heterocycles. The summed E-state index contributed by atoms with van der Waals surface area (Å²) in [7, 11) is 4.88. The van der Waals surface area contributed by atoms with Crippen molar-refractivity contribution in [1.82, 2.24) is 0 Å². The number of nitrogens with zero attached hydrogens (tertiary/aromatic N) is 5. The van der Waals surface area contributed by atoms with Crippen molar-refractivity contribution < 1.29 is 33.6 Å². The average Bonchev–Trinajstić information content (AvgIpc) is 2.98. The highest BCUT2D eigenvalue weighted by Crippen LogP contribution is 2.38. The Labute approximate surface area is 191 Å². The van der Waals surface area contributed by atoms with Crippen LogP contribution in [0.4, 0.5) is 17.1 Å². The average molecular weight is 472 g/mol. The Kier molecular flexibility index (Phi) is 9.02. The largest absolute Gasteiger partial charge is 0.497 e. The second kappa shape index (κ2) is 11.3. The number of aromatic hydroxyl groups is 1. The summed E-state index contributed by atoms with van der Waals surface area (Å²) in [5, 5.41) is 40.2. The quantitative estimate of drug-likeness (QED) is 0.376. The Morgan fingerprint density at radius 1 is 0.788 bits per heavy atom. The Morgan fingerprint density at radius 3 is 1.61 bits per heavy atom. The number of phenolic OH excluding ortho intramolecular Hbond substituents is 1. The van der Waals surface area contributed by atoms with Gasteiger partial charge in [0.1, 0.15) is 26.2 Å². The van der Waals surface area contributed by atoms with E-state index in [0.717, 1.165) is 13.2 Å². The van der Waals surface area contributed by atoms with Crippen LogP contribution in [0.5, 0.6) is 5.75 Å². The summed E-state index contributed by atoms with van der Waals surface area (Å²) in [5.74, 6) is -1.21. The molecule has 0 saturated carbocycles. The molecule has 1 aromatic carbocycles. The van der Waals surface area contributed by atoms with Crippen molar-refractivity contribution in [3.05, 3.63) is 42.5 Å². The number of phenols is 1. The molecule has 0 aliphatic carbocycles. The molecule has 2 fully saturated rings. The number of morpholine rings is 1. The standard InChI is InChI=1S/C14H30N2O.C6H3N3O7/c1-15(7-5-3-4-6-8-15)9-10-16(2)11-13-17-14-12-16;10-6-4(8(13)14)1-3(7(11)12)2-5(6)9(15)16/h3-14H2,1-2H3;1-2,10H/q+2;. The lowest BCUT2D eigenvalue weighted by Gasteiger charge is -2.41. The number of nitro groups is 3. The zero-order valence-corrected chi connectivity index (χ0v) is 19.2. The third kappa shape index (κ3) is 7.58. The molecule has 0 radical (unpaired) electrons. The van der Waals surface area contributed by atoms with E-state index in [2.05, 4.69) is 14.1 Å². The maximum absolute atomic E-state index is 10.4. The number of hydrogen-bond donors (Lipinski definition) is 1. The number of benzene rings is 1. The minimum absolute atomic E-state index is 0.447. The Bertz CT molecular complexity index is 829. The molecule has 0 atom stereocenters. The van der Waals surface area contributed by atoms with Crippen molar-refractivity contribution in [1.29, 1.82) is 0 Å². The molecule has 33 heavy (non-hydrogen) atoms. The molecule has 184 valence electrons. The molecule has 3 rings (SSSR count). The minimum Gasteiger partial charge on any atom is -0.497 e. The van der Waals surface area contributed by atoms with E-state index in [0.29, 0.717) is 12.1 Å². The third-order valence-electron chi connectivity index (χ3n) is 6.54. The first-order valence-corrected chi connectivity index (χ1v) is 11.0. The second-order valence-electron chi connectivity index (χ2n) is 9.21. The lowest BCUT2D eigenvalue weighted by atomic mass is 10.2. The Morgan fingerprint density at radius 2 is 1.21 bits per heavy atom. The highest BCUT2D eigenvalue weighted by Gasteiger charge is 2.31. The monoisotopic (exact) mass is 471 g/mol. The van der Waals surface area contributed by atoms with E-state index in [9.17, 15) is 30.3 Å². The number of quaternary nitrogens is 2. The first kappa shape index (κ1) is 26.4. The minimum atomic E-state index is -1.21. The van der Waals surface area contributed by atoms with Gasteiger partial charge in [0.2, 0.25) is 0 Å². The van der Waals surface area contributed by atoms with E-state index < -0.39 is 37.6 Å². The topological polar surface area (TPSA) is 159 Å². The number of hydrogen-bond acceptors (Lipinski definition) is 8. The van der Waals surface area contributed by atoms with Gasteiger partial charge in [-0.2, -0.15) is 0 Å². The number of likely N-dealkylation sites (N-methyl/N-ethyl adjacent to an activating group) is 2. The van der Waals surface area contributed by atoms with Crippen LogP contribution in [0.25, 0.3) is 0 Å². The van der Waals surface area contributed by atoms with Gasteiger partial charge in [0.25, 0.3) is 11.4 Å². The summed E-state index contributed by atoms with van der Waals surface area (Å²) in [6.45, 7) is 9.82. The van der Waals surface area contributed by atoms with Gasteiger partial charge in [-0.05, 0) is 25.7 Å². The second-order valence-corrected chi connectivity index (χ2v) is 9.21. The smallest absolute Gasteiger partial charge is 0.324 e. The SMILES string of the molecule is C[N+]1(CC[N+]2(C)CCOCC2)CCCCCC1.O=[N+]([O-])c1cc([N+](=O)[O-])c(O)c([N+](=O)[O-])c1. The molecule has 13 heteroatoms. The van der Waals surface area contributed by atoms with Crippen LogP contribution in [-0.4, -0.2) is 95.4 Å². The predicted octanol–water partition coefficient (Wildman–Crippen LogP) is 2.60. The summed E-state index contributed by atoms with van der Waals surface area (Å²) < 4.78 is 8.03. The maximum atomic E-state index is 10.4. The van der Waals surface area contributed by atoms with Gasteiger partial charge in [-0.15, -0.1) is 0 Å². The molecular formula is C20H33N5O8+2. The zero-order chi connectivity index (χ0) is 24.6. The van der Waals surface area contributed by atoms with E-state index in [1.54, 1.807) is 0 Å². The Balaban J connectivity index is 0.000000234. The zero-order valence-electron chi connectivity index (χ0n) is 19.2. The van der Waals surface area contributed by atoms with Crippen molar-refractivity contribution >= 4 is 17.1 Å². The molecule has 0 spiro atoms. The normalized spacial score (nSPS) is 19.5. The van der Waals surface area contributed by atoms with Gasteiger partial charge < -0.3 is 18.8 Å². The molecule has 0 aromatic heterocycles. The molecule has 0 amide bonds. The molecular weight excluding hydrogens is 438 g/mol. The van der Waals surface area contributed by atoms with Gasteiger partial charge in [0, 0.05) is 0 Å². The number of nitro benzene ring substituents is 3. The van der Waals surface area contributed by atoms with Crippen LogP contribution < -0.4 is 0 Å². The molecule has 2 aliphatic rings. The molecule has 0 unspecified atom stereocenters.